The molecule has 3 rings (SSSR count). The van der Waals surface area contributed by atoms with Crippen LogP contribution in [-0.4, -0.2) is 45.4 Å². The van der Waals surface area contributed by atoms with Crippen molar-refractivity contribution in [1.29, 1.82) is 0 Å². The molecule has 0 aromatic heterocycles. The van der Waals surface area contributed by atoms with Crippen molar-refractivity contribution in [3.8, 4) is 5.75 Å². The number of hydrogen-bond acceptors (Lipinski definition) is 4. The Kier molecular flexibility index (Phi) is 7.72. The second-order valence-corrected chi connectivity index (χ2v) is 9.73. The number of carbonyl (C=O) groups is 1. The Morgan fingerprint density at radius 3 is 2.52 bits per heavy atom. The molecule has 29 heavy (non-hydrogen) atoms. The number of carbonyl (C=O) groups excluding carboxylic acids is 1. The van der Waals surface area contributed by atoms with Gasteiger partial charge in [-0.05, 0) is 63.1 Å². The Labute approximate surface area is 174 Å². The molecule has 2 aliphatic rings. The fourth-order valence-corrected chi connectivity index (χ4v) is 5.56. The fourth-order valence-electron chi connectivity index (χ4n) is 4.02. The molecule has 0 bridgehead atoms. The Balaban J connectivity index is 1.73. The summed E-state index contributed by atoms with van der Waals surface area (Å²) in [7, 11) is -2.13. The predicted molar refractivity (Wildman–Crippen MR) is 114 cm³/mol. The van der Waals surface area contributed by atoms with Crippen LogP contribution in [0, 0.1) is 0 Å². The van der Waals surface area contributed by atoms with Gasteiger partial charge in [-0.1, -0.05) is 24.5 Å². The van der Waals surface area contributed by atoms with Gasteiger partial charge in [-0.25, -0.2) is 8.42 Å². The molecule has 6 nitrogen and oxygen atoms in total. The lowest BCUT2D eigenvalue weighted by Crippen LogP contribution is -2.32. The third kappa shape index (κ3) is 5.60. The highest BCUT2D eigenvalue weighted by atomic mass is 32.2. The van der Waals surface area contributed by atoms with Crippen molar-refractivity contribution in [3.63, 3.8) is 0 Å². The molecule has 0 radical (unpaired) electrons. The fraction of sp³-hybridized carbons (Fsp3) is 0.591. The Bertz CT molecular complexity index is 840. The number of rotatable bonds is 7. The molecule has 7 heteroatoms. The van der Waals surface area contributed by atoms with E-state index in [0.29, 0.717) is 25.4 Å². The number of nitrogens with one attached hydrogen (secondary N) is 1. The molecule has 1 saturated heterocycles. The van der Waals surface area contributed by atoms with E-state index in [0.717, 1.165) is 44.9 Å². The largest absolute Gasteiger partial charge is 0.496 e. The molecule has 0 spiro atoms. The van der Waals surface area contributed by atoms with E-state index < -0.39 is 10.0 Å². The quantitative estimate of drug-likeness (QED) is 0.679. The van der Waals surface area contributed by atoms with Crippen LogP contribution in [0.2, 0.25) is 0 Å². The number of amides is 1. The summed E-state index contributed by atoms with van der Waals surface area (Å²) in [5, 5.41) is 2.92. The van der Waals surface area contributed by atoms with E-state index >= 15 is 0 Å². The van der Waals surface area contributed by atoms with Gasteiger partial charge in [-0.2, -0.15) is 4.31 Å². The molecule has 1 aliphatic carbocycles. The van der Waals surface area contributed by atoms with Gasteiger partial charge in [0.15, 0.2) is 0 Å². The van der Waals surface area contributed by atoms with Crippen LogP contribution in [0.1, 0.15) is 68.1 Å². The molecule has 0 unspecified atom stereocenters. The van der Waals surface area contributed by atoms with Crippen LogP contribution in [0.25, 0.3) is 0 Å². The first-order valence-electron chi connectivity index (χ1n) is 10.7. The third-order valence-corrected chi connectivity index (χ3v) is 7.63. The topological polar surface area (TPSA) is 75.7 Å². The first kappa shape index (κ1) is 21.8. The number of sulfonamides is 1. The molecule has 1 heterocycles. The van der Waals surface area contributed by atoms with Crippen LogP contribution >= 0.6 is 0 Å². The van der Waals surface area contributed by atoms with Crippen LogP contribution in [0.3, 0.4) is 0 Å². The highest BCUT2D eigenvalue weighted by molar-refractivity contribution is 7.89. The Morgan fingerprint density at radius 1 is 1.10 bits per heavy atom. The summed E-state index contributed by atoms with van der Waals surface area (Å²) in [5.74, 6) is 0.0837. The molecule has 1 amide bonds. The molecular weight excluding hydrogens is 388 g/mol. The van der Waals surface area contributed by atoms with Crippen molar-refractivity contribution in [3.05, 3.63) is 35.4 Å². The smallest absolute Gasteiger partial charge is 0.255 e. The lowest BCUT2D eigenvalue weighted by atomic mass is 9.97. The second-order valence-electron chi connectivity index (χ2n) is 7.79. The van der Waals surface area contributed by atoms with Crippen molar-refractivity contribution in [2.24, 2.45) is 0 Å². The maximum atomic E-state index is 13.1. The molecule has 1 aromatic rings. The minimum atomic E-state index is -3.62. The Morgan fingerprint density at radius 2 is 1.86 bits per heavy atom. The van der Waals surface area contributed by atoms with Crippen molar-refractivity contribution < 1.29 is 17.9 Å². The van der Waals surface area contributed by atoms with Crippen LogP contribution in [-0.2, 0) is 10.0 Å². The summed E-state index contributed by atoms with van der Waals surface area (Å²) in [6.07, 6.45) is 11.6. The molecule has 1 N–H and O–H groups in total. The number of hydrogen-bond donors (Lipinski definition) is 1. The highest BCUT2D eigenvalue weighted by Gasteiger charge is 2.27. The molecule has 1 fully saturated rings. The van der Waals surface area contributed by atoms with Crippen LogP contribution in [0.4, 0.5) is 0 Å². The molecule has 1 aromatic carbocycles. The summed E-state index contributed by atoms with van der Waals surface area (Å²) < 4.78 is 33.0. The van der Waals surface area contributed by atoms with E-state index in [1.807, 2.05) is 0 Å². The van der Waals surface area contributed by atoms with E-state index in [1.165, 1.54) is 37.7 Å². The number of allylic oxidation sites excluding steroid dienone is 1. The average molecular weight is 421 g/mol. The number of methoxy groups -OCH3 is 1. The lowest BCUT2D eigenvalue weighted by molar-refractivity contribution is 0.0950. The van der Waals surface area contributed by atoms with Crippen molar-refractivity contribution >= 4 is 15.9 Å². The average Bonchev–Trinajstić information content (AvgIpc) is 3.04. The zero-order chi connectivity index (χ0) is 20.7. The number of benzene rings is 1. The SMILES string of the molecule is COc1ccc(S(=O)(=O)N2CCCCCC2)cc1C(=O)NCCC1=CCCCC1. The summed E-state index contributed by atoms with van der Waals surface area (Å²) in [6, 6.07) is 4.56. The van der Waals surface area contributed by atoms with Gasteiger partial charge < -0.3 is 10.1 Å². The van der Waals surface area contributed by atoms with Gasteiger partial charge >= 0.3 is 0 Å². The first-order chi connectivity index (χ1) is 14.0. The number of ether oxygens (including phenoxy) is 1. The molecule has 160 valence electrons. The van der Waals surface area contributed by atoms with Crippen molar-refractivity contribution in [1.82, 2.24) is 9.62 Å². The van der Waals surface area contributed by atoms with Crippen LogP contribution in [0.15, 0.2) is 34.7 Å². The normalized spacial score (nSPS) is 18.6. The minimum Gasteiger partial charge on any atom is -0.496 e. The minimum absolute atomic E-state index is 0.153. The molecular formula is C22H32N2O4S. The summed E-state index contributed by atoms with van der Waals surface area (Å²) >= 11 is 0. The lowest BCUT2D eigenvalue weighted by Gasteiger charge is -2.20. The molecule has 0 atom stereocenters. The highest BCUT2D eigenvalue weighted by Crippen LogP contribution is 2.26. The van der Waals surface area contributed by atoms with Gasteiger partial charge in [0.05, 0.1) is 17.6 Å². The summed E-state index contributed by atoms with van der Waals surface area (Å²) in [6.45, 7) is 1.60. The van der Waals surface area contributed by atoms with Gasteiger partial charge in [0.1, 0.15) is 5.75 Å². The zero-order valence-electron chi connectivity index (χ0n) is 17.3. The van der Waals surface area contributed by atoms with E-state index in [-0.39, 0.29) is 16.4 Å². The molecule has 1 aliphatic heterocycles. The first-order valence-corrected chi connectivity index (χ1v) is 12.1. The summed E-state index contributed by atoms with van der Waals surface area (Å²) in [5.41, 5.74) is 1.65. The van der Waals surface area contributed by atoms with Gasteiger partial charge in [-0.3, -0.25) is 4.79 Å². The second kappa shape index (κ2) is 10.3. The molecule has 0 saturated carbocycles. The summed E-state index contributed by atoms with van der Waals surface area (Å²) in [4.78, 5) is 12.9. The maximum Gasteiger partial charge on any atom is 0.255 e. The van der Waals surface area contributed by atoms with Gasteiger partial charge in [0.2, 0.25) is 10.0 Å². The zero-order valence-corrected chi connectivity index (χ0v) is 18.1. The van der Waals surface area contributed by atoms with Gasteiger partial charge in [0.25, 0.3) is 5.91 Å². The van der Waals surface area contributed by atoms with E-state index in [2.05, 4.69) is 11.4 Å². The maximum absolute atomic E-state index is 13.1. The van der Waals surface area contributed by atoms with E-state index in [1.54, 1.807) is 10.4 Å². The van der Waals surface area contributed by atoms with Crippen molar-refractivity contribution in [2.45, 2.75) is 62.7 Å². The number of nitrogens with zero attached hydrogens (tertiary/aromatic N) is 1. The monoisotopic (exact) mass is 420 g/mol. The van der Waals surface area contributed by atoms with E-state index in [9.17, 15) is 13.2 Å². The Hall–Kier alpha value is -1.86. The van der Waals surface area contributed by atoms with Gasteiger partial charge in [-0.15, -0.1) is 0 Å². The van der Waals surface area contributed by atoms with Crippen LogP contribution in [0.5, 0.6) is 5.75 Å². The van der Waals surface area contributed by atoms with Gasteiger partial charge in [0, 0.05) is 19.6 Å². The van der Waals surface area contributed by atoms with E-state index in [4.69, 9.17) is 4.74 Å². The standard InChI is InChI=1S/C22H32N2O4S/c1-28-21-12-11-19(29(26,27)24-15-7-2-3-8-16-24)17-20(21)22(25)23-14-13-18-9-5-4-6-10-18/h9,11-12,17H,2-8,10,13-16H2,1H3,(H,23,25). The predicted octanol–water partition coefficient (Wildman–Crippen LogP) is 3.88. The third-order valence-electron chi connectivity index (χ3n) is 5.74. The van der Waals surface area contributed by atoms with Crippen LogP contribution < -0.4 is 10.1 Å². The van der Waals surface area contributed by atoms with Crippen molar-refractivity contribution in [2.75, 3.05) is 26.7 Å².